The van der Waals surface area contributed by atoms with Gasteiger partial charge in [-0.15, -0.1) is 0 Å². The number of methoxy groups -OCH3 is 1. The van der Waals surface area contributed by atoms with E-state index in [1.807, 2.05) is 31.2 Å². The van der Waals surface area contributed by atoms with Crippen molar-refractivity contribution in [2.75, 3.05) is 57.8 Å². The number of carbonyl (C=O) groups is 1. The van der Waals surface area contributed by atoms with Crippen LogP contribution in [0.4, 0.5) is 5.95 Å². The van der Waals surface area contributed by atoms with Crippen LogP contribution in [-0.2, 0) is 16.1 Å². The average Bonchev–Trinajstić information content (AvgIpc) is 2.98. The van der Waals surface area contributed by atoms with Crippen LogP contribution in [0.5, 0.6) is 11.6 Å². The van der Waals surface area contributed by atoms with E-state index in [2.05, 4.69) is 24.7 Å². The van der Waals surface area contributed by atoms with E-state index in [1.165, 1.54) is 7.11 Å². The molecule has 0 radical (unpaired) electrons. The molecule has 0 aliphatic carbocycles. The number of halogens is 2. The summed E-state index contributed by atoms with van der Waals surface area (Å²) >= 11 is 12.6. The topological polar surface area (TPSA) is 104 Å². The van der Waals surface area contributed by atoms with Gasteiger partial charge in [0.1, 0.15) is 0 Å². The Morgan fingerprint density at radius 1 is 0.977 bits per heavy atom. The van der Waals surface area contributed by atoms with E-state index in [1.54, 1.807) is 18.5 Å². The Kier molecular flexibility index (Phi) is 10.7. The Bertz CT molecular complexity index is 1360. The van der Waals surface area contributed by atoms with Gasteiger partial charge in [0.2, 0.25) is 11.8 Å². The highest BCUT2D eigenvalue weighted by atomic mass is 35.5. The van der Waals surface area contributed by atoms with Gasteiger partial charge >= 0.3 is 5.97 Å². The lowest BCUT2D eigenvalue weighted by Gasteiger charge is -2.35. The van der Waals surface area contributed by atoms with Crippen LogP contribution in [0.15, 0.2) is 42.7 Å². The molecule has 2 aliphatic rings. The lowest BCUT2D eigenvalue weighted by atomic mass is 9.93. The summed E-state index contributed by atoms with van der Waals surface area (Å²) < 4.78 is 11.0. The van der Waals surface area contributed by atoms with Crippen LogP contribution < -0.4 is 9.64 Å². The molecule has 2 saturated heterocycles. The number of piperazine rings is 1. The predicted octanol–water partition coefficient (Wildman–Crippen LogP) is 4.92. The molecule has 0 spiro atoms. The van der Waals surface area contributed by atoms with E-state index in [0.717, 1.165) is 63.2 Å². The number of carbonyl (C=O) groups excluding carboxylic acids is 1. The fourth-order valence-corrected chi connectivity index (χ4v) is 6.15. The molecular formula is C31H38Cl2N6O4. The maximum absolute atomic E-state index is 11.7. The molecule has 4 heterocycles. The lowest BCUT2D eigenvalue weighted by molar-refractivity contribution is -0.142. The van der Waals surface area contributed by atoms with Gasteiger partial charge in [0.25, 0.3) is 0 Å². The van der Waals surface area contributed by atoms with E-state index in [9.17, 15) is 9.90 Å². The summed E-state index contributed by atoms with van der Waals surface area (Å²) in [5.74, 6) is 1.76. The van der Waals surface area contributed by atoms with E-state index in [4.69, 9.17) is 37.7 Å². The largest absolute Gasteiger partial charge is 0.469 e. The van der Waals surface area contributed by atoms with Crippen LogP contribution in [0.3, 0.4) is 0 Å². The van der Waals surface area contributed by atoms with Crippen molar-refractivity contribution in [2.24, 2.45) is 5.92 Å². The number of β-amino-alcohol motifs (C(OH)–C–C–N with tert-alkyl or cyclic N) is 1. The smallest absolute Gasteiger partial charge is 0.305 e. The van der Waals surface area contributed by atoms with Gasteiger partial charge in [-0.05, 0) is 68.6 Å². The first-order valence-corrected chi connectivity index (χ1v) is 15.4. The number of aliphatic hydroxyl groups excluding tert-OH is 1. The summed E-state index contributed by atoms with van der Waals surface area (Å²) in [6, 6.07) is 9.33. The zero-order valence-corrected chi connectivity index (χ0v) is 26.1. The molecule has 3 aromatic rings. The summed E-state index contributed by atoms with van der Waals surface area (Å²) in [5.41, 5.74) is 2.53. The highest BCUT2D eigenvalue weighted by Crippen LogP contribution is 2.31. The van der Waals surface area contributed by atoms with Gasteiger partial charge in [0, 0.05) is 67.4 Å². The second kappa shape index (κ2) is 14.6. The Morgan fingerprint density at radius 3 is 2.28 bits per heavy atom. The Labute approximate surface area is 262 Å². The molecule has 10 nitrogen and oxygen atoms in total. The molecule has 230 valence electrons. The minimum absolute atomic E-state index is 0.147. The normalized spacial score (nSPS) is 17.6. The molecule has 5 rings (SSSR count). The molecule has 1 N–H and O–H groups in total. The van der Waals surface area contributed by atoms with Crippen LogP contribution in [0.25, 0.3) is 11.3 Å². The molecule has 2 fully saturated rings. The van der Waals surface area contributed by atoms with Crippen LogP contribution in [0.2, 0.25) is 10.0 Å². The average molecular weight is 630 g/mol. The molecule has 0 saturated carbocycles. The second-order valence-corrected chi connectivity index (χ2v) is 12.2. The summed E-state index contributed by atoms with van der Waals surface area (Å²) in [5, 5.41) is 10.7. The molecular weight excluding hydrogens is 591 g/mol. The van der Waals surface area contributed by atoms with Gasteiger partial charge in [-0.1, -0.05) is 23.2 Å². The predicted molar refractivity (Wildman–Crippen MR) is 167 cm³/mol. The summed E-state index contributed by atoms with van der Waals surface area (Å²) in [7, 11) is 1.44. The van der Waals surface area contributed by atoms with Crippen LogP contribution in [0, 0.1) is 5.92 Å². The van der Waals surface area contributed by atoms with Crippen molar-refractivity contribution in [1.82, 2.24) is 24.8 Å². The molecule has 0 bridgehead atoms. The minimum atomic E-state index is -0.340. The first kappa shape index (κ1) is 31.4. The molecule has 43 heavy (non-hydrogen) atoms. The quantitative estimate of drug-likeness (QED) is 0.311. The number of rotatable bonds is 10. The Morgan fingerprint density at radius 2 is 1.65 bits per heavy atom. The zero-order valence-electron chi connectivity index (χ0n) is 24.6. The number of ether oxygens (including phenoxy) is 2. The zero-order chi connectivity index (χ0) is 30.3. The molecule has 2 aliphatic heterocycles. The van der Waals surface area contributed by atoms with Gasteiger partial charge < -0.3 is 19.5 Å². The lowest BCUT2D eigenvalue weighted by Crippen LogP contribution is -2.48. The number of aliphatic hydroxyl groups is 1. The third-order valence-electron chi connectivity index (χ3n) is 7.83. The fourth-order valence-electron chi connectivity index (χ4n) is 5.63. The first-order chi connectivity index (χ1) is 20.7. The minimum Gasteiger partial charge on any atom is -0.469 e. The number of likely N-dealkylation sites (tertiary alicyclic amines) is 1. The number of piperidine rings is 1. The Balaban J connectivity index is 1.29. The standard InChI is InChI=1S/C31H38Cl2N6O4/c1-21(40)19-38-7-9-39(10-8-38)31-34-17-27(18-35-31)43-29-12-23(11-28(36-29)24-14-25(32)16-26(33)15-24)20-37-5-3-22(4-6-37)13-30(41)42-2/h11-12,14-18,21-22,40H,3-10,13,19-20H2,1-2H3/t21-/m1/s1. The summed E-state index contributed by atoms with van der Waals surface area (Å²) in [6.45, 7) is 8.26. The highest BCUT2D eigenvalue weighted by molar-refractivity contribution is 6.35. The number of pyridine rings is 1. The highest BCUT2D eigenvalue weighted by Gasteiger charge is 2.23. The van der Waals surface area contributed by atoms with Crippen molar-refractivity contribution in [3.63, 3.8) is 0 Å². The number of esters is 1. The van der Waals surface area contributed by atoms with Crippen LogP contribution >= 0.6 is 23.2 Å². The summed E-state index contributed by atoms with van der Waals surface area (Å²) in [4.78, 5) is 32.3. The number of aromatic nitrogens is 3. The van der Waals surface area contributed by atoms with E-state index in [0.29, 0.717) is 58.7 Å². The number of nitrogens with zero attached hydrogens (tertiary/aromatic N) is 6. The number of hydrogen-bond acceptors (Lipinski definition) is 10. The van der Waals surface area contributed by atoms with Gasteiger partial charge in [-0.2, -0.15) is 0 Å². The fraction of sp³-hybridized carbons (Fsp3) is 0.484. The number of anilines is 1. The third kappa shape index (κ3) is 9.00. The monoisotopic (exact) mass is 628 g/mol. The van der Waals surface area contributed by atoms with Crippen LogP contribution in [-0.4, -0.2) is 94.9 Å². The van der Waals surface area contributed by atoms with Crippen molar-refractivity contribution in [1.29, 1.82) is 0 Å². The van der Waals surface area contributed by atoms with Gasteiger partial charge in [0.15, 0.2) is 5.75 Å². The molecule has 0 unspecified atom stereocenters. The van der Waals surface area contributed by atoms with Crippen molar-refractivity contribution in [2.45, 2.75) is 38.8 Å². The molecule has 2 aromatic heterocycles. The summed E-state index contributed by atoms with van der Waals surface area (Å²) in [6.07, 6.45) is 5.35. The maximum atomic E-state index is 11.7. The molecule has 1 aromatic carbocycles. The van der Waals surface area contributed by atoms with E-state index in [-0.39, 0.29) is 12.1 Å². The van der Waals surface area contributed by atoms with Crippen molar-refractivity contribution < 1.29 is 19.4 Å². The van der Waals surface area contributed by atoms with Crippen molar-refractivity contribution in [3.8, 4) is 22.9 Å². The molecule has 12 heteroatoms. The van der Waals surface area contributed by atoms with E-state index >= 15 is 0 Å². The second-order valence-electron chi connectivity index (χ2n) is 11.3. The number of hydrogen-bond donors (Lipinski definition) is 1. The van der Waals surface area contributed by atoms with E-state index < -0.39 is 0 Å². The van der Waals surface area contributed by atoms with Crippen molar-refractivity contribution in [3.05, 3.63) is 58.3 Å². The molecule has 1 atom stereocenters. The molecule has 0 amide bonds. The van der Waals surface area contributed by atoms with Gasteiger partial charge in [0.05, 0.1) is 31.3 Å². The Hall–Kier alpha value is -3.02. The van der Waals surface area contributed by atoms with Gasteiger partial charge in [-0.3, -0.25) is 14.6 Å². The first-order valence-electron chi connectivity index (χ1n) is 14.7. The SMILES string of the molecule is COC(=O)CC1CCN(Cc2cc(Oc3cnc(N4CCN(C[C@@H](C)O)CC4)nc3)nc(-c3cc(Cl)cc(Cl)c3)c2)CC1. The maximum Gasteiger partial charge on any atom is 0.305 e. The third-order valence-corrected chi connectivity index (χ3v) is 8.27. The van der Waals surface area contributed by atoms with Gasteiger partial charge in [-0.25, -0.2) is 15.0 Å². The number of benzene rings is 1. The van der Waals surface area contributed by atoms with Crippen LogP contribution in [0.1, 0.15) is 31.7 Å². The van der Waals surface area contributed by atoms with Crippen molar-refractivity contribution >= 4 is 35.1 Å².